The minimum absolute atomic E-state index is 0.0473. The van der Waals surface area contributed by atoms with Crippen LogP contribution in [-0.4, -0.2) is 36.6 Å². The Morgan fingerprint density at radius 3 is 2.64 bits per heavy atom. The van der Waals surface area contributed by atoms with Crippen LogP contribution in [0.1, 0.15) is 19.3 Å². The van der Waals surface area contributed by atoms with Gasteiger partial charge in [0, 0.05) is 0 Å². The van der Waals surface area contributed by atoms with Crippen LogP contribution in [0.25, 0.3) is 0 Å². The van der Waals surface area contributed by atoms with Gasteiger partial charge in [-0.25, -0.2) is 0 Å². The van der Waals surface area contributed by atoms with Crippen LogP contribution in [-0.2, 0) is 9.47 Å². The Morgan fingerprint density at radius 2 is 2.27 bits per heavy atom. The monoisotopic (exact) mass is 158 g/mol. The van der Waals surface area contributed by atoms with Crippen LogP contribution in [0, 0.1) is 0 Å². The van der Waals surface area contributed by atoms with Crippen molar-refractivity contribution in [2.75, 3.05) is 19.8 Å². The highest BCUT2D eigenvalue weighted by atomic mass is 16.6. The average Bonchev–Trinajstić information content (AvgIpc) is 2.02. The number of ether oxygens (including phenoxy) is 2. The molecule has 1 N–H and O–H groups in total. The summed E-state index contributed by atoms with van der Waals surface area (Å²) in [5.74, 6) is 0. The van der Waals surface area contributed by atoms with Crippen molar-refractivity contribution >= 4 is 0 Å². The summed E-state index contributed by atoms with van der Waals surface area (Å²) < 4.78 is 11.0. The molecule has 2 aliphatic rings. The average molecular weight is 158 g/mol. The third kappa shape index (κ3) is 1.28. The maximum absolute atomic E-state index is 8.75. The standard InChI is InChI=1S/C8H14O3/c9-4-7-5-11-8(6-10-7)2-1-3-8/h7,9H,1-6H2. The zero-order valence-corrected chi connectivity index (χ0v) is 6.58. The second-order valence-corrected chi connectivity index (χ2v) is 3.46. The summed E-state index contributed by atoms with van der Waals surface area (Å²) in [6.45, 7) is 1.32. The van der Waals surface area contributed by atoms with E-state index in [0.29, 0.717) is 13.2 Å². The molecule has 3 heteroatoms. The van der Waals surface area contributed by atoms with E-state index in [1.165, 1.54) is 6.42 Å². The summed E-state index contributed by atoms with van der Waals surface area (Å²) in [6, 6.07) is 0. The van der Waals surface area contributed by atoms with Crippen molar-refractivity contribution in [3.05, 3.63) is 0 Å². The van der Waals surface area contributed by atoms with E-state index in [4.69, 9.17) is 14.6 Å². The molecule has 3 nitrogen and oxygen atoms in total. The molecule has 1 aliphatic heterocycles. The second-order valence-electron chi connectivity index (χ2n) is 3.46. The van der Waals surface area contributed by atoms with E-state index >= 15 is 0 Å². The van der Waals surface area contributed by atoms with Gasteiger partial charge in [0.15, 0.2) is 0 Å². The minimum atomic E-state index is -0.0822. The van der Waals surface area contributed by atoms with Crippen LogP contribution in [0.3, 0.4) is 0 Å². The Morgan fingerprint density at radius 1 is 1.45 bits per heavy atom. The molecule has 1 saturated carbocycles. The van der Waals surface area contributed by atoms with Gasteiger partial charge in [0.1, 0.15) is 6.10 Å². The van der Waals surface area contributed by atoms with Crippen LogP contribution in [0.4, 0.5) is 0 Å². The van der Waals surface area contributed by atoms with Crippen LogP contribution in [0.15, 0.2) is 0 Å². The van der Waals surface area contributed by atoms with Gasteiger partial charge in [-0.3, -0.25) is 0 Å². The molecule has 1 aliphatic carbocycles. The molecule has 11 heavy (non-hydrogen) atoms. The molecule has 64 valence electrons. The van der Waals surface area contributed by atoms with Crippen molar-refractivity contribution in [2.24, 2.45) is 0 Å². The lowest BCUT2D eigenvalue weighted by Crippen LogP contribution is -2.52. The number of rotatable bonds is 1. The maximum atomic E-state index is 8.75. The molecule has 0 aromatic carbocycles. The van der Waals surface area contributed by atoms with Gasteiger partial charge in [0.05, 0.1) is 25.4 Å². The molecule has 0 amide bonds. The first kappa shape index (κ1) is 7.53. The molecule has 0 aromatic rings. The van der Waals surface area contributed by atoms with Gasteiger partial charge in [0.2, 0.25) is 0 Å². The fourth-order valence-electron chi connectivity index (χ4n) is 1.59. The first-order valence-electron chi connectivity index (χ1n) is 4.21. The van der Waals surface area contributed by atoms with Crippen molar-refractivity contribution in [1.82, 2.24) is 0 Å². The van der Waals surface area contributed by atoms with Gasteiger partial charge in [0.25, 0.3) is 0 Å². The maximum Gasteiger partial charge on any atom is 0.104 e. The lowest BCUT2D eigenvalue weighted by Gasteiger charge is -2.45. The Balaban J connectivity index is 1.84. The zero-order chi connectivity index (χ0) is 7.73. The molecule has 1 heterocycles. The fourth-order valence-corrected chi connectivity index (χ4v) is 1.59. The highest BCUT2D eigenvalue weighted by molar-refractivity contribution is 4.92. The highest BCUT2D eigenvalue weighted by Crippen LogP contribution is 2.38. The second kappa shape index (κ2) is 2.73. The predicted molar refractivity (Wildman–Crippen MR) is 39.4 cm³/mol. The van der Waals surface area contributed by atoms with Crippen LogP contribution in [0.2, 0.25) is 0 Å². The van der Waals surface area contributed by atoms with Crippen LogP contribution < -0.4 is 0 Å². The van der Waals surface area contributed by atoms with E-state index in [0.717, 1.165) is 12.8 Å². The largest absolute Gasteiger partial charge is 0.394 e. The smallest absolute Gasteiger partial charge is 0.104 e. The molecule has 0 radical (unpaired) electrons. The number of aliphatic hydroxyl groups excluding tert-OH is 1. The van der Waals surface area contributed by atoms with Crippen LogP contribution in [0.5, 0.6) is 0 Å². The Labute approximate surface area is 66.3 Å². The lowest BCUT2D eigenvalue weighted by atomic mass is 9.80. The molecule has 0 aromatic heterocycles. The van der Waals surface area contributed by atoms with E-state index in [1.54, 1.807) is 0 Å². The van der Waals surface area contributed by atoms with Crippen LogP contribution >= 0.6 is 0 Å². The van der Waals surface area contributed by atoms with Gasteiger partial charge < -0.3 is 14.6 Å². The van der Waals surface area contributed by atoms with Crippen molar-refractivity contribution < 1.29 is 14.6 Å². The molecule has 1 spiro atoms. The predicted octanol–water partition coefficient (Wildman–Crippen LogP) is 0.317. The molecule has 1 saturated heterocycles. The van der Waals surface area contributed by atoms with E-state index in [9.17, 15) is 0 Å². The Bertz CT molecular complexity index is 132. The van der Waals surface area contributed by atoms with Gasteiger partial charge >= 0.3 is 0 Å². The Kier molecular flexibility index (Phi) is 1.87. The van der Waals surface area contributed by atoms with Crippen molar-refractivity contribution in [3.8, 4) is 0 Å². The molecular formula is C8H14O3. The molecule has 0 bridgehead atoms. The summed E-state index contributed by atoms with van der Waals surface area (Å²) in [5.41, 5.74) is 0.0473. The third-order valence-corrected chi connectivity index (χ3v) is 2.63. The van der Waals surface area contributed by atoms with Crippen molar-refractivity contribution in [3.63, 3.8) is 0 Å². The summed E-state index contributed by atoms with van der Waals surface area (Å²) in [5, 5.41) is 8.75. The Hall–Kier alpha value is -0.120. The summed E-state index contributed by atoms with van der Waals surface area (Å²) >= 11 is 0. The lowest BCUT2D eigenvalue weighted by molar-refractivity contribution is -0.225. The van der Waals surface area contributed by atoms with E-state index in [1.807, 2.05) is 0 Å². The zero-order valence-electron chi connectivity index (χ0n) is 6.58. The topological polar surface area (TPSA) is 38.7 Å². The molecule has 1 unspecified atom stereocenters. The summed E-state index contributed by atoms with van der Waals surface area (Å²) in [4.78, 5) is 0. The highest BCUT2D eigenvalue weighted by Gasteiger charge is 2.42. The van der Waals surface area contributed by atoms with Crippen molar-refractivity contribution in [2.45, 2.75) is 31.0 Å². The van der Waals surface area contributed by atoms with E-state index in [-0.39, 0.29) is 18.3 Å². The van der Waals surface area contributed by atoms with E-state index in [2.05, 4.69) is 0 Å². The molecule has 2 rings (SSSR count). The molecular weight excluding hydrogens is 144 g/mol. The van der Waals surface area contributed by atoms with Gasteiger partial charge in [-0.05, 0) is 19.3 Å². The number of hydrogen-bond donors (Lipinski definition) is 1. The van der Waals surface area contributed by atoms with Gasteiger partial charge in [-0.1, -0.05) is 0 Å². The molecule has 2 fully saturated rings. The van der Waals surface area contributed by atoms with Gasteiger partial charge in [-0.2, -0.15) is 0 Å². The first-order valence-corrected chi connectivity index (χ1v) is 4.21. The summed E-state index contributed by atoms with van der Waals surface area (Å²) in [6.07, 6.45) is 3.44. The first-order chi connectivity index (χ1) is 5.35. The number of hydrogen-bond acceptors (Lipinski definition) is 3. The van der Waals surface area contributed by atoms with Gasteiger partial charge in [-0.15, -0.1) is 0 Å². The molecule has 1 atom stereocenters. The fraction of sp³-hybridized carbons (Fsp3) is 1.00. The third-order valence-electron chi connectivity index (χ3n) is 2.63. The summed E-state index contributed by atoms with van der Waals surface area (Å²) in [7, 11) is 0. The quantitative estimate of drug-likeness (QED) is 0.597. The minimum Gasteiger partial charge on any atom is -0.394 e. The number of aliphatic hydroxyl groups is 1. The normalized spacial score (nSPS) is 35.2. The van der Waals surface area contributed by atoms with Crippen molar-refractivity contribution in [1.29, 1.82) is 0 Å². The van der Waals surface area contributed by atoms with E-state index < -0.39 is 0 Å². The SMILES string of the molecule is OCC1COC2(CCC2)CO1.